The summed E-state index contributed by atoms with van der Waals surface area (Å²) < 4.78 is 27.5. The zero-order valence-corrected chi connectivity index (χ0v) is 13.9. The van der Waals surface area contributed by atoms with Crippen LogP contribution in [0.1, 0.15) is 5.82 Å². The number of hydrogen-bond acceptors (Lipinski definition) is 5. The maximum absolute atomic E-state index is 12.3. The number of sulfonamides is 1. The molecule has 2 heterocycles. The Balaban J connectivity index is 2.21. The van der Waals surface area contributed by atoms with Crippen LogP contribution in [0.3, 0.4) is 0 Å². The molecule has 0 spiro atoms. The van der Waals surface area contributed by atoms with E-state index in [-0.39, 0.29) is 22.5 Å². The standard InChI is InChI=1S/C10H15N5O2P2S/c1-18-15(19-2)20(16,17)10-4-7-14(13-10)8-9-11-5-3-6-12-9/h3-7,18-19H,8H2,1-2H3. The molecule has 7 nitrogen and oxygen atoms in total. The summed E-state index contributed by atoms with van der Waals surface area (Å²) in [6.45, 7) is 4.02. The summed E-state index contributed by atoms with van der Waals surface area (Å²) in [6.07, 6.45) is 4.90. The third-order valence-corrected chi connectivity index (χ3v) is 8.37. The van der Waals surface area contributed by atoms with Crippen molar-refractivity contribution in [3.05, 3.63) is 36.5 Å². The Morgan fingerprint density at radius 1 is 1.25 bits per heavy atom. The molecule has 10 heteroatoms. The van der Waals surface area contributed by atoms with Crippen LogP contribution in [0.4, 0.5) is 0 Å². The number of nitrogens with zero attached hydrogens (tertiary/aromatic N) is 5. The Morgan fingerprint density at radius 3 is 2.50 bits per heavy atom. The first-order valence-corrected chi connectivity index (χ1v) is 10.1. The van der Waals surface area contributed by atoms with E-state index in [1.54, 1.807) is 24.7 Å². The summed E-state index contributed by atoms with van der Waals surface area (Å²) in [5, 5.41) is 4.18. The fourth-order valence-electron chi connectivity index (χ4n) is 1.57. The van der Waals surface area contributed by atoms with Gasteiger partial charge in [0.25, 0.3) is 10.0 Å². The highest BCUT2D eigenvalue weighted by molar-refractivity contribution is 7.97. The van der Waals surface area contributed by atoms with Crippen LogP contribution < -0.4 is 0 Å². The first-order valence-electron chi connectivity index (χ1n) is 5.77. The molecule has 108 valence electrons. The second kappa shape index (κ2) is 6.68. The zero-order valence-electron chi connectivity index (χ0n) is 11.1. The van der Waals surface area contributed by atoms with Crippen molar-refractivity contribution >= 4 is 27.5 Å². The number of aromatic nitrogens is 4. The molecular weight excluding hydrogens is 316 g/mol. The van der Waals surface area contributed by atoms with Crippen LogP contribution in [0.5, 0.6) is 0 Å². The van der Waals surface area contributed by atoms with Crippen LogP contribution in [0.15, 0.2) is 35.7 Å². The van der Waals surface area contributed by atoms with Crippen molar-refractivity contribution in [1.29, 1.82) is 0 Å². The van der Waals surface area contributed by atoms with E-state index in [0.717, 1.165) is 0 Å². The van der Waals surface area contributed by atoms with E-state index >= 15 is 0 Å². The molecule has 2 aromatic heterocycles. The molecule has 0 saturated heterocycles. The lowest BCUT2D eigenvalue weighted by atomic mass is 10.5. The smallest absolute Gasteiger partial charge is 0.264 e. The summed E-state index contributed by atoms with van der Waals surface area (Å²) in [5.41, 5.74) is 0. The predicted octanol–water partition coefficient (Wildman–Crippen LogP) is 1.16. The molecule has 2 atom stereocenters. The van der Waals surface area contributed by atoms with Gasteiger partial charge in [0.2, 0.25) is 0 Å². The highest BCUT2D eigenvalue weighted by Gasteiger charge is 2.24. The Hall–Kier alpha value is -0.940. The molecule has 0 aliphatic carbocycles. The number of rotatable bonds is 6. The first kappa shape index (κ1) is 15.4. The first-order chi connectivity index (χ1) is 9.57. The summed E-state index contributed by atoms with van der Waals surface area (Å²) in [6, 6.07) is 3.23. The second-order valence-electron chi connectivity index (χ2n) is 3.73. The SMILES string of the molecule is CPN(PC)S(=O)(=O)c1ccn(Cc2ncccn2)n1. The molecule has 0 saturated carbocycles. The topological polar surface area (TPSA) is 81.0 Å². The second-order valence-corrected chi connectivity index (χ2v) is 8.35. The van der Waals surface area contributed by atoms with E-state index in [1.165, 1.54) is 14.6 Å². The van der Waals surface area contributed by atoms with Crippen molar-refractivity contribution in [3.8, 4) is 0 Å². The molecule has 0 aliphatic heterocycles. The molecule has 0 aromatic carbocycles. The highest BCUT2D eigenvalue weighted by atomic mass is 32.2. The molecule has 0 N–H and O–H groups in total. The normalized spacial score (nSPS) is 13.2. The van der Waals surface area contributed by atoms with Crippen molar-refractivity contribution in [1.82, 2.24) is 23.6 Å². The van der Waals surface area contributed by atoms with Crippen LogP contribution in [0.2, 0.25) is 0 Å². The summed E-state index contributed by atoms with van der Waals surface area (Å²) in [7, 11) is -3.10. The molecular formula is C10H15N5O2P2S. The van der Waals surface area contributed by atoms with Crippen LogP contribution in [-0.2, 0) is 16.6 Å². The third kappa shape index (κ3) is 3.38. The largest absolute Gasteiger partial charge is 0.268 e. The van der Waals surface area contributed by atoms with E-state index < -0.39 is 10.0 Å². The average molecular weight is 331 g/mol. The highest BCUT2D eigenvalue weighted by Crippen LogP contribution is 2.34. The van der Waals surface area contributed by atoms with Crippen molar-refractivity contribution in [2.75, 3.05) is 13.3 Å². The lowest BCUT2D eigenvalue weighted by Gasteiger charge is -2.15. The van der Waals surface area contributed by atoms with E-state index in [0.29, 0.717) is 12.4 Å². The van der Waals surface area contributed by atoms with Crippen LogP contribution in [-0.4, -0.2) is 45.3 Å². The van der Waals surface area contributed by atoms with Gasteiger partial charge in [0.05, 0.1) is 0 Å². The Morgan fingerprint density at radius 2 is 1.90 bits per heavy atom. The van der Waals surface area contributed by atoms with Crippen molar-refractivity contribution < 1.29 is 8.42 Å². The Labute approximate surface area is 121 Å². The number of hydrogen-bond donors (Lipinski definition) is 0. The summed E-state index contributed by atoms with van der Waals surface area (Å²) in [5.74, 6) is 0.589. The van der Waals surface area contributed by atoms with Gasteiger partial charge >= 0.3 is 0 Å². The lowest BCUT2D eigenvalue weighted by Crippen LogP contribution is -2.16. The van der Waals surface area contributed by atoms with Crippen molar-refractivity contribution in [3.63, 3.8) is 0 Å². The maximum atomic E-state index is 12.3. The summed E-state index contributed by atoms with van der Waals surface area (Å²) >= 11 is 0. The molecule has 2 unspecified atom stereocenters. The molecule has 0 aliphatic rings. The molecule has 0 fully saturated rings. The average Bonchev–Trinajstić information content (AvgIpc) is 2.90. The molecule has 20 heavy (non-hydrogen) atoms. The predicted molar refractivity (Wildman–Crippen MR) is 80.9 cm³/mol. The Kier molecular flexibility index (Phi) is 5.16. The van der Waals surface area contributed by atoms with Gasteiger partial charge in [0.1, 0.15) is 12.4 Å². The van der Waals surface area contributed by atoms with Gasteiger partial charge in [0.15, 0.2) is 5.03 Å². The molecule has 0 radical (unpaired) electrons. The van der Waals surface area contributed by atoms with Gasteiger partial charge in [-0.1, -0.05) is 0 Å². The van der Waals surface area contributed by atoms with Gasteiger partial charge < -0.3 is 0 Å². The monoisotopic (exact) mass is 331 g/mol. The molecule has 0 bridgehead atoms. The van der Waals surface area contributed by atoms with E-state index in [1.807, 2.05) is 13.3 Å². The maximum Gasteiger partial charge on any atom is 0.268 e. The van der Waals surface area contributed by atoms with Crippen molar-refractivity contribution in [2.24, 2.45) is 0 Å². The Bertz CT molecular complexity index is 657. The van der Waals surface area contributed by atoms with E-state index in [9.17, 15) is 8.42 Å². The van der Waals surface area contributed by atoms with E-state index in [2.05, 4.69) is 15.1 Å². The minimum atomic E-state index is -3.49. The van der Waals surface area contributed by atoms with E-state index in [4.69, 9.17) is 0 Å². The molecule has 2 aromatic rings. The van der Waals surface area contributed by atoms with Gasteiger partial charge in [-0.15, -0.1) is 0 Å². The minimum absolute atomic E-state index is 0.0668. The minimum Gasteiger partial charge on any atom is -0.264 e. The van der Waals surface area contributed by atoms with Gasteiger partial charge in [-0.05, 0) is 42.9 Å². The molecule has 0 amide bonds. The van der Waals surface area contributed by atoms with Crippen LogP contribution >= 0.6 is 17.5 Å². The van der Waals surface area contributed by atoms with Gasteiger partial charge in [-0.25, -0.2) is 18.4 Å². The van der Waals surface area contributed by atoms with Gasteiger partial charge in [0, 0.05) is 18.6 Å². The van der Waals surface area contributed by atoms with Crippen LogP contribution in [0.25, 0.3) is 0 Å². The van der Waals surface area contributed by atoms with Crippen LogP contribution in [0, 0.1) is 0 Å². The van der Waals surface area contributed by atoms with Crippen molar-refractivity contribution in [2.45, 2.75) is 11.6 Å². The van der Waals surface area contributed by atoms with Gasteiger partial charge in [-0.2, -0.15) is 8.94 Å². The molecule has 2 rings (SSSR count). The summed E-state index contributed by atoms with van der Waals surface area (Å²) in [4.78, 5) is 8.17. The zero-order chi connectivity index (χ0) is 14.6. The fraction of sp³-hybridized carbons (Fsp3) is 0.300. The fourth-order valence-corrected chi connectivity index (χ4v) is 5.58. The quantitative estimate of drug-likeness (QED) is 0.742. The lowest BCUT2D eigenvalue weighted by molar-refractivity contribution is 0.568. The third-order valence-electron chi connectivity index (χ3n) is 2.45. The van der Waals surface area contributed by atoms with Gasteiger partial charge in [-0.3, -0.25) is 4.68 Å².